The maximum Gasteiger partial charge on any atom is 0.253 e. The molecule has 0 aliphatic rings. The minimum absolute atomic E-state index is 0.0687. The van der Waals surface area contributed by atoms with E-state index in [9.17, 15) is 9.59 Å². The average Bonchev–Trinajstić information content (AvgIpc) is 3.30. The maximum atomic E-state index is 13.0. The first-order valence-electron chi connectivity index (χ1n) is 10.4. The van der Waals surface area contributed by atoms with E-state index in [1.165, 1.54) is 11.1 Å². The molecule has 6 nitrogen and oxygen atoms in total. The third-order valence-electron chi connectivity index (χ3n) is 5.18. The van der Waals surface area contributed by atoms with Gasteiger partial charge in [0.1, 0.15) is 5.76 Å². The lowest BCUT2D eigenvalue weighted by molar-refractivity contribution is -0.119. The van der Waals surface area contributed by atoms with E-state index < -0.39 is 0 Å². The number of furan rings is 1. The number of nitrogens with zero attached hydrogens (tertiary/aromatic N) is 2. The van der Waals surface area contributed by atoms with Crippen LogP contribution in [0, 0.1) is 6.92 Å². The van der Waals surface area contributed by atoms with E-state index >= 15 is 0 Å². The van der Waals surface area contributed by atoms with Crippen LogP contribution in [0.15, 0.2) is 71.3 Å². The quantitative estimate of drug-likeness (QED) is 0.569. The Balaban J connectivity index is 1.67. The number of nitrogens with one attached hydrogen (secondary N) is 1. The highest BCUT2D eigenvalue weighted by atomic mass is 16.3. The zero-order valence-corrected chi connectivity index (χ0v) is 18.3. The molecule has 1 aromatic heterocycles. The standard InChI is InChI=1S/C25H29N3O3/c1-4-28(17-20-10-7-9-19(2)15-20)18-24(29)27(3)23-13-6-5-12-22(23)25(30)26-16-21-11-8-14-31-21/h5-15H,4,16-18H2,1-3H3,(H,26,30). The van der Waals surface area contributed by atoms with Gasteiger partial charge in [0.15, 0.2) is 0 Å². The van der Waals surface area contributed by atoms with Crippen molar-refractivity contribution in [3.05, 3.63) is 89.4 Å². The van der Waals surface area contributed by atoms with Gasteiger partial charge in [-0.1, -0.05) is 48.9 Å². The lowest BCUT2D eigenvalue weighted by Crippen LogP contribution is -2.39. The first-order valence-corrected chi connectivity index (χ1v) is 10.4. The Labute approximate surface area is 183 Å². The minimum atomic E-state index is -0.251. The summed E-state index contributed by atoms with van der Waals surface area (Å²) in [6.45, 7) is 6.11. The van der Waals surface area contributed by atoms with Gasteiger partial charge in [-0.3, -0.25) is 14.5 Å². The van der Waals surface area contributed by atoms with Gasteiger partial charge in [0.05, 0.1) is 30.6 Å². The fraction of sp³-hybridized carbons (Fsp3) is 0.280. The van der Waals surface area contributed by atoms with Crippen molar-refractivity contribution in [2.45, 2.75) is 26.9 Å². The number of benzene rings is 2. The Morgan fingerprint density at radius 3 is 2.55 bits per heavy atom. The second-order valence-electron chi connectivity index (χ2n) is 7.52. The molecule has 2 amide bonds. The van der Waals surface area contributed by atoms with E-state index in [2.05, 4.69) is 35.3 Å². The van der Waals surface area contributed by atoms with E-state index in [-0.39, 0.29) is 24.9 Å². The average molecular weight is 420 g/mol. The van der Waals surface area contributed by atoms with Crippen LogP contribution in [0.1, 0.15) is 34.2 Å². The fourth-order valence-corrected chi connectivity index (χ4v) is 3.41. The summed E-state index contributed by atoms with van der Waals surface area (Å²) in [4.78, 5) is 29.4. The van der Waals surface area contributed by atoms with Crippen molar-refractivity contribution < 1.29 is 14.0 Å². The number of likely N-dealkylation sites (N-methyl/N-ethyl adjacent to an activating group) is 2. The number of aryl methyl sites for hydroxylation is 1. The number of hydrogen-bond acceptors (Lipinski definition) is 4. The first kappa shape index (κ1) is 22.3. The molecule has 162 valence electrons. The monoisotopic (exact) mass is 419 g/mol. The molecule has 1 heterocycles. The van der Waals surface area contributed by atoms with Gasteiger partial charge in [-0.15, -0.1) is 0 Å². The number of amides is 2. The van der Waals surface area contributed by atoms with Crippen molar-refractivity contribution in [2.75, 3.05) is 25.0 Å². The summed E-state index contributed by atoms with van der Waals surface area (Å²) in [5, 5.41) is 2.84. The predicted molar refractivity (Wildman–Crippen MR) is 122 cm³/mol. The van der Waals surface area contributed by atoms with Gasteiger partial charge in [0, 0.05) is 13.6 Å². The van der Waals surface area contributed by atoms with Crippen molar-refractivity contribution in [1.29, 1.82) is 0 Å². The molecule has 0 aliphatic carbocycles. The zero-order valence-electron chi connectivity index (χ0n) is 18.3. The van der Waals surface area contributed by atoms with Gasteiger partial charge in [-0.25, -0.2) is 0 Å². The van der Waals surface area contributed by atoms with Crippen molar-refractivity contribution in [3.63, 3.8) is 0 Å². The number of carbonyl (C=O) groups excluding carboxylic acids is 2. The third-order valence-corrected chi connectivity index (χ3v) is 5.18. The van der Waals surface area contributed by atoms with Crippen molar-refractivity contribution in [3.8, 4) is 0 Å². The molecule has 0 unspecified atom stereocenters. The van der Waals surface area contributed by atoms with E-state index in [1.54, 1.807) is 48.5 Å². The van der Waals surface area contributed by atoms with Gasteiger partial charge in [-0.05, 0) is 43.3 Å². The molecule has 6 heteroatoms. The molecule has 0 aliphatic heterocycles. The molecule has 0 fully saturated rings. The van der Waals surface area contributed by atoms with Crippen LogP contribution < -0.4 is 10.2 Å². The van der Waals surface area contributed by atoms with Crippen molar-refractivity contribution in [1.82, 2.24) is 10.2 Å². The molecule has 0 radical (unpaired) electrons. The van der Waals surface area contributed by atoms with Crippen LogP contribution in [-0.4, -0.2) is 36.9 Å². The van der Waals surface area contributed by atoms with E-state index in [0.29, 0.717) is 23.6 Å². The molecule has 0 bridgehead atoms. The Hall–Kier alpha value is -3.38. The van der Waals surface area contributed by atoms with Crippen LogP contribution in [0.5, 0.6) is 0 Å². The predicted octanol–water partition coefficient (Wildman–Crippen LogP) is 4.00. The molecule has 1 N–H and O–H groups in total. The smallest absolute Gasteiger partial charge is 0.253 e. The highest BCUT2D eigenvalue weighted by Crippen LogP contribution is 2.20. The molecule has 3 aromatic rings. The van der Waals surface area contributed by atoms with Crippen LogP contribution in [0.3, 0.4) is 0 Å². The normalized spacial score (nSPS) is 10.8. The molecule has 0 spiro atoms. The summed E-state index contributed by atoms with van der Waals surface area (Å²) in [5.74, 6) is 0.351. The van der Waals surface area contributed by atoms with Gasteiger partial charge in [0.25, 0.3) is 5.91 Å². The van der Waals surface area contributed by atoms with E-state index in [4.69, 9.17) is 4.42 Å². The largest absolute Gasteiger partial charge is 0.467 e. The molecule has 3 rings (SSSR count). The Bertz CT molecular complexity index is 1010. The summed E-state index contributed by atoms with van der Waals surface area (Å²) in [7, 11) is 1.71. The van der Waals surface area contributed by atoms with Crippen molar-refractivity contribution in [2.24, 2.45) is 0 Å². The lowest BCUT2D eigenvalue weighted by atomic mass is 10.1. The number of hydrogen-bond donors (Lipinski definition) is 1. The second kappa shape index (κ2) is 10.6. The highest BCUT2D eigenvalue weighted by Gasteiger charge is 2.20. The summed E-state index contributed by atoms with van der Waals surface area (Å²) >= 11 is 0. The Morgan fingerprint density at radius 1 is 1.03 bits per heavy atom. The molecular weight excluding hydrogens is 390 g/mol. The van der Waals surface area contributed by atoms with Crippen LogP contribution in [-0.2, 0) is 17.9 Å². The van der Waals surface area contributed by atoms with E-state index in [0.717, 1.165) is 6.54 Å². The minimum Gasteiger partial charge on any atom is -0.467 e. The molecule has 31 heavy (non-hydrogen) atoms. The molecule has 0 saturated heterocycles. The van der Waals surface area contributed by atoms with Crippen LogP contribution >= 0.6 is 0 Å². The second-order valence-corrected chi connectivity index (χ2v) is 7.52. The molecule has 0 atom stereocenters. The zero-order chi connectivity index (χ0) is 22.2. The SMILES string of the molecule is CCN(CC(=O)N(C)c1ccccc1C(=O)NCc1ccco1)Cc1cccc(C)c1. The third kappa shape index (κ3) is 6.06. The number of para-hydroxylation sites is 1. The lowest BCUT2D eigenvalue weighted by Gasteiger charge is -2.25. The molecular formula is C25H29N3O3. The number of anilines is 1. The van der Waals surface area contributed by atoms with Gasteiger partial charge >= 0.3 is 0 Å². The summed E-state index contributed by atoms with van der Waals surface area (Å²) in [6, 6.07) is 19.0. The van der Waals surface area contributed by atoms with Gasteiger partial charge < -0.3 is 14.6 Å². The summed E-state index contributed by atoms with van der Waals surface area (Å²) in [5.41, 5.74) is 3.41. The Kier molecular flexibility index (Phi) is 7.62. The number of rotatable bonds is 9. The van der Waals surface area contributed by atoms with Crippen LogP contribution in [0.25, 0.3) is 0 Å². The van der Waals surface area contributed by atoms with Crippen LogP contribution in [0.2, 0.25) is 0 Å². The topological polar surface area (TPSA) is 65.8 Å². The van der Waals surface area contributed by atoms with Gasteiger partial charge in [-0.2, -0.15) is 0 Å². The summed E-state index contributed by atoms with van der Waals surface area (Å²) < 4.78 is 5.26. The summed E-state index contributed by atoms with van der Waals surface area (Å²) in [6.07, 6.45) is 1.57. The fourth-order valence-electron chi connectivity index (χ4n) is 3.41. The van der Waals surface area contributed by atoms with E-state index in [1.807, 2.05) is 19.1 Å². The first-order chi connectivity index (χ1) is 15.0. The van der Waals surface area contributed by atoms with Gasteiger partial charge in [0.2, 0.25) is 5.91 Å². The maximum absolute atomic E-state index is 13.0. The van der Waals surface area contributed by atoms with Crippen LogP contribution in [0.4, 0.5) is 5.69 Å². The Morgan fingerprint density at radius 2 is 1.84 bits per heavy atom. The molecule has 2 aromatic carbocycles. The van der Waals surface area contributed by atoms with Crippen molar-refractivity contribution >= 4 is 17.5 Å². The highest BCUT2D eigenvalue weighted by molar-refractivity contribution is 6.04. The number of carbonyl (C=O) groups is 2. The molecule has 0 saturated carbocycles.